The normalized spacial score (nSPS) is 10.6. The molecule has 0 amide bonds. The molecule has 0 aliphatic heterocycles. The lowest BCUT2D eigenvalue weighted by Crippen LogP contribution is -2.02. The molecule has 0 bridgehead atoms. The molecule has 1 heterocycles. The van der Waals surface area contributed by atoms with Gasteiger partial charge in [0.1, 0.15) is 19.0 Å². The molecular formula is C26H23NO3. The van der Waals surface area contributed by atoms with Crippen LogP contribution in [0.5, 0.6) is 17.5 Å². The molecule has 0 atom stereocenters. The van der Waals surface area contributed by atoms with Crippen molar-refractivity contribution in [2.45, 2.75) is 20.1 Å². The summed E-state index contributed by atoms with van der Waals surface area (Å²) in [7, 11) is 0. The summed E-state index contributed by atoms with van der Waals surface area (Å²) in [6.07, 6.45) is 0. The van der Waals surface area contributed by atoms with Gasteiger partial charge in [-0.2, -0.15) is 4.98 Å². The Kier molecular flexibility index (Phi) is 5.95. The molecule has 0 aliphatic carbocycles. The van der Waals surface area contributed by atoms with Crippen LogP contribution in [-0.4, -0.2) is 10.1 Å². The van der Waals surface area contributed by atoms with E-state index in [1.165, 1.54) is 0 Å². The van der Waals surface area contributed by atoms with Crippen LogP contribution in [0.1, 0.15) is 16.7 Å². The molecule has 0 spiro atoms. The van der Waals surface area contributed by atoms with Gasteiger partial charge in [0.2, 0.25) is 11.8 Å². The lowest BCUT2D eigenvalue weighted by Gasteiger charge is -2.15. The van der Waals surface area contributed by atoms with Crippen molar-refractivity contribution in [2.75, 3.05) is 0 Å². The summed E-state index contributed by atoms with van der Waals surface area (Å²) in [4.78, 5) is 4.64. The molecule has 30 heavy (non-hydrogen) atoms. The quantitative estimate of drug-likeness (QED) is 0.420. The van der Waals surface area contributed by atoms with Gasteiger partial charge in [-0.05, 0) is 47.4 Å². The van der Waals surface area contributed by atoms with Crippen LogP contribution >= 0.6 is 0 Å². The van der Waals surface area contributed by atoms with Crippen LogP contribution in [0.3, 0.4) is 0 Å². The first kappa shape index (κ1) is 19.5. The standard InChI is InChI=1S/C26H23NO3/c1-19-16-22(28)12-13-23(19)24-14-15-25(29-17-20-8-4-2-5-9-20)27-26(24)30-18-21-10-6-3-7-11-21/h2-16,28H,17-18H2,1H3. The number of hydrogen-bond acceptors (Lipinski definition) is 4. The molecule has 0 radical (unpaired) electrons. The highest BCUT2D eigenvalue weighted by Gasteiger charge is 2.13. The number of aromatic hydroxyl groups is 1. The van der Waals surface area contributed by atoms with Gasteiger partial charge in [0.15, 0.2) is 0 Å². The fourth-order valence-electron chi connectivity index (χ4n) is 3.23. The van der Waals surface area contributed by atoms with Gasteiger partial charge in [-0.3, -0.25) is 0 Å². The van der Waals surface area contributed by atoms with Crippen molar-refractivity contribution in [1.82, 2.24) is 4.98 Å². The summed E-state index contributed by atoms with van der Waals surface area (Å²) < 4.78 is 12.0. The SMILES string of the molecule is Cc1cc(O)ccc1-c1ccc(OCc2ccccc2)nc1OCc1ccccc1. The van der Waals surface area contributed by atoms with Crippen molar-refractivity contribution in [3.8, 4) is 28.6 Å². The number of pyridine rings is 1. The first-order valence-electron chi connectivity index (χ1n) is 9.83. The Labute approximate surface area is 176 Å². The molecule has 0 saturated heterocycles. The van der Waals surface area contributed by atoms with Gasteiger partial charge in [0.05, 0.1) is 0 Å². The summed E-state index contributed by atoms with van der Waals surface area (Å²) in [5, 5.41) is 9.76. The van der Waals surface area contributed by atoms with Crippen LogP contribution < -0.4 is 9.47 Å². The maximum atomic E-state index is 9.76. The first-order valence-corrected chi connectivity index (χ1v) is 9.83. The number of phenols is 1. The third kappa shape index (κ3) is 4.78. The van der Waals surface area contributed by atoms with Crippen molar-refractivity contribution in [2.24, 2.45) is 0 Å². The van der Waals surface area contributed by atoms with E-state index >= 15 is 0 Å². The fraction of sp³-hybridized carbons (Fsp3) is 0.115. The number of aryl methyl sites for hydroxylation is 1. The Bertz CT molecular complexity index is 1110. The lowest BCUT2D eigenvalue weighted by molar-refractivity contribution is 0.268. The smallest absolute Gasteiger partial charge is 0.225 e. The molecule has 0 saturated carbocycles. The van der Waals surface area contributed by atoms with E-state index in [1.807, 2.05) is 85.8 Å². The number of ether oxygens (including phenoxy) is 2. The predicted molar refractivity (Wildman–Crippen MR) is 118 cm³/mol. The molecule has 4 rings (SSSR count). The molecule has 0 fully saturated rings. The molecule has 150 valence electrons. The zero-order chi connectivity index (χ0) is 20.8. The average Bonchev–Trinajstić information content (AvgIpc) is 2.78. The number of rotatable bonds is 7. The first-order chi connectivity index (χ1) is 14.7. The van der Waals surface area contributed by atoms with Crippen LogP contribution in [0.2, 0.25) is 0 Å². The van der Waals surface area contributed by atoms with E-state index in [0.717, 1.165) is 27.8 Å². The monoisotopic (exact) mass is 397 g/mol. The number of nitrogens with zero attached hydrogens (tertiary/aromatic N) is 1. The molecule has 0 aliphatic rings. The van der Waals surface area contributed by atoms with Gasteiger partial charge in [0.25, 0.3) is 0 Å². The van der Waals surface area contributed by atoms with Crippen LogP contribution in [0.25, 0.3) is 11.1 Å². The number of benzene rings is 3. The Morgan fingerprint density at radius 3 is 1.93 bits per heavy atom. The van der Waals surface area contributed by atoms with Crippen molar-refractivity contribution in [3.05, 3.63) is 108 Å². The van der Waals surface area contributed by atoms with E-state index in [2.05, 4.69) is 4.98 Å². The topological polar surface area (TPSA) is 51.6 Å². The average molecular weight is 397 g/mol. The van der Waals surface area contributed by atoms with Crippen molar-refractivity contribution in [1.29, 1.82) is 0 Å². The Hall–Kier alpha value is -3.79. The lowest BCUT2D eigenvalue weighted by atomic mass is 10.0. The van der Waals surface area contributed by atoms with Crippen molar-refractivity contribution in [3.63, 3.8) is 0 Å². The fourth-order valence-corrected chi connectivity index (χ4v) is 3.23. The summed E-state index contributed by atoms with van der Waals surface area (Å²) in [5.41, 5.74) is 4.89. The largest absolute Gasteiger partial charge is 0.508 e. The minimum atomic E-state index is 0.235. The minimum absolute atomic E-state index is 0.235. The van der Waals surface area contributed by atoms with Gasteiger partial charge in [-0.15, -0.1) is 0 Å². The van der Waals surface area contributed by atoms with E-state index in [-0.39, 0.29) is 5.75 Å². The Morgan fingerprint density at radius 1 is 0.700 bits per heavy atom. The van der Waals surface area contributed by atoms with Gasteiger partial charge in [-0.25, -0.2) is 0 Å². The minimum Gasteiger partial charge on any atom is -0.508 e. The Balaban J connectivity index is 1.62. The highest BCUT2D eigenvalue weighted by atomic mass is 16.5. The molecule has 1 N–H and O–H groups in total. The third-order valence-corrected chi connectivity index (χ3v) is 4.78. The zero-order valence-corrected chi connectivity index (χ0v) is 16.8. The van der Waals surface area contributed by atoms with E-state index in [0.29, 0.717) is 25.0 Å². The molecule has 3 aromatic carbocycles. The third-order valence-electron chi connectivity index (χ3n) is 4.78. The Morgan fingerprint density at radius 2 is 1.30 bits per heavy atom. The van der Waals surface area contributed by atoms with Crippen LogP contribution in [0.15, 0.2) is 91.0 Å². The second kappa shape index (κ2) is 9.14. The van der Waals surface area contributed by atoms with Gasteiger partial charge in [-0.1, -0.05) is 66.7 Å². The van der Waals surface area contributed by atoms with E-state index in [4.69, 9.17) is 9.47 Å². The molecule has 4 aromatic rings. The summed E-state index contributed by atoms with van der Waals surface area (Å²) >= 11 is 0. The highest BCUT2D eigenvalue weighted by Crippen LogP contribution is 2.34. The van der Waals surface area contributed by atoms with Crippen LogP contribution in [0, 0.1) is 6.92 Å². The van der Waals surface area contributed by atoms with Gasteiger partial charge < -0.3 is 14.6 Å². The molecule has 4 heteroatoms. The summed E-state index contributed by atoms with van der Waals surface area (Å²) in [6, 6.07) is 29.0. The molecule has 0 unspecified atom stereocenters. The number of hydrogen-bond donors (Lipinski definition) is 1. The van der Waals surface area contributed by atoms with E-state index < -0.39 is 0 Å². The summed E-state index contributed by atoms with van der Waals surface area (Å²) in [5.74, 6) is 1.24. The second-order valence-electron chi connectivity index (χ2n) is 7.05. The van der Waals surface area contributed by atoms with E-state index in [9.17, 15) is 5.11 Å². The number of phenolic OH excluding ortho intramolecular Hbond substituents is 1. The number of aromatic nitrogens is 1. The predicted octanol–water partition coefficient (Wildman–Crippen LogP) is 5.92. The van der Waals surface area contributed by atoms with Crippen molar-refractivity contribution < 1.29 is 14.6 Å². The maximum Gasteiger partial charge on any atom is 0.225 e. The van der Waals surface area contributed by atoms with Crippen molar-refractivity contribution >= 4 is 0 Å². The maximum absolute atomic E-state index is 9.76. The zero-order valence-electron chi connectivity index (χ0n) is 16.8. The molecular weight excluding hydrogens is 374 g/mol. The molecule has 1 aromatic heterocycles. The molecule has 4 nitrogen and oxygen atoms in total. The highest BCUT2D eigenvalue weighted by molar-refractivity contribution is 5.72. The van der Waals surface area contributed by atoms with E-state index in [1.54, 1.807) is 12.1 Å². The second-order valence-corrected chi connectivity index (χ2v) is 7.05. The van der Waals surface area contributed by atoms with Gasteiger partial charge in [0, 0.05) is 11.6 Å². The van der Waals surface area contributed by atoms with Crippen LogP contribution in [-0.2, 0) is 13.2 Å². The van der Waals surface area contributed by atoms with Crippen LogP contribution in [0.4, 0.5) is 0 Å². The van der Waals surface area contributed by atoms with Gasteiger partial charge >= 0.3 is 0 Å². The summed E-state index contributed by atoms with van der Waals surface area (Å²) in [6.45, 7) is 2.79.